The van der Waals surface area contributed by atoms with Gasteiger partial charge in [0.2, 0.25) is 17.7 Å². The number of rotatable bonds is 4. The smallest absolute Gasteiger partial charge is 0.322 e. The van der Waals surface area contributed by atoms with E-state index < -0.39 is 0 Å². The molecule has 1 fully saturated rings. The zero-order chi connectivity index (χ0) is 18.1. The van der Waals surface area contributed by atoms with E-state index in [9.17, 15) is 14.4 Å². The maximum atomic E-state index is 12.4. The number of nitrogens with zero attached hydrogens (tertiary/aromatic N) is 3. The van der Waals surface area contributed by atoms with Crippen molar-refractivity contribution < 1.29 is 18.8 Å². The van der Waals surface area contributed by atoms with Gasteiger partial charge in [-0.05, 0) is 22.9 Å². The first-order valence-corrected chi connectivity index (χ1v) is 8.06. The van der Waals surface area contributed by atoms with Gasteiger partial charge in [0.25, 0.3) is 5.91 Å². The molecular formula is C18H14N4O4. The van der Waals surface area contributed by atoms with Crippen molar-refractivity contribution in [2.75, 3.05) is 5.32 Å². The van der Waals surface area contributed by atoms with E-state index in [-0.39, 0.29) is 49.0 Å². The Kier molecular flexibility index (Phi) is 3.92. The largest absolute Gasteiger partial charge is 0.406 e. The molecule has 2 heterocycles. The van der Waals surface area contributed by atoms with Gasteiger partial charge in [-0.1, -0.05) is 35.4 Å². The second kappa shape index (κ2) is 6.40. The highest BCUT2D eigenvalue weighted by molar-refractivity contribution is 6.05. The van der Waals surface area contributed by atoms with Gasteiger partial charge in [-0.3, -0.25) is 24.6 Å². The van der Waals surface area contributed by atoms with E-state index in [0.29, 0.717) is 5.56 Å². The van der Waals surface area contributed by atoms with Crippen LogP contribution < -0.4 is 5.32 Å². The van der Waals surface area contributed by atoms with Crippen LogP contribution in [0.25, 0.3) is 10.8 Å². The number of likely N-dealkylation sites (tertiary alicyclic amines) is 1. The van der Waals surface area contributed by atoms with Crippen LogP contribution >= 0.6 is 0 Å². The highest BCUT2D eigenvalue weighted by Crippen LogP contribution is 2.18. The first kappa shape index (κ1) is 15.9. The molecule has 0 spiro atoms. The molecular weight excluding hydrogens is 336 g/mol. The van der Waals surface area contributed by atoms with Gasteiger partial charge in [-0.15, -0.1) is 5.10 Å². The Morgan fingerprint density at radius 1 is 1.04 bits per heavy atom. The van der Waals surface area contributed by atoms with Gasteiger partial charge >= 0.3 is 6.01 Å². The predicted molar refractivity (Wildman–Crippen MR) is 91.0 cm³/mol. The van der Waals surface area contributed by atoms with Crippen LogP contribution in [0.15, 0.2) is 46.9 Å². The lowest BCUT2D eigenvalue weighted by Crippen LogP contribution is -2.28. The Morgan fingerprint density at radius 2 is 1.77 bits per heavy atom. The van der Waals surface area contributed by atoms with Crippen molar-refractivity contribution in [1.82, 2.24) is 15.1 Å². The summed E-state index contributed by atoms with van der Waals surface area (Å²) in [7, 11) is 0. The molecule has 3 aromatic rings. The van der Waals surface area contributed by atoms with E-state index in [4.69, 9.17) is 4.42 Å². The molecule has 0 atom stereocenters. The number of hydrogen-bond donors (Lipinski definition) is 1. The Labute approximate surface area is 147 Å². The van der Waals surface area contributed by atoms with Crippen molar-refractivity contribution in [1.29, 1.82) is 0 Å². The summed E-state index contributed by atoms with van der Waals surface area (Å²) in [4.78, 5) is 36.7. The summed E-state index contributed by atoms with van der Waals surface area (Å²) in [6, 6.07) is 12.9. The van der Waals surface area contributed by atoms with Gasteiger partial charge < -0.3 is 4.42 Å². The first-order valence-electron chi connectivity index (χ1n) is 8.06. The molecule has 1 aliphatic heterocycles. The molecule has 8 nitrogen and oxygen atoms in total. The molecule has 1 N–H and O–H groups in total. The van der Waals surface area contributed by atoms with Crippen molar-refractivity contribution in [3.63, 3.8) is 0 Å². The number of hydrogen-bond acceptors (Lipinski definition) is 6. The number of imide groups is 1. The molecule has 0 radical (unpaired) electrons. The van der Waals surface area contributed by atoms with Gasteiger partial charge in [0.05, 0.1) is 0 Å². The van der Waals surface area contributed by atoms with E-state index in [1.54, 1.807) is 12.1 Å². The van der Waals surface area contributed by atoms with Crippen molar-refractivity contribution >= 4 is 34.5 Å². The zero-order valence-electron chi connectivity index (χ0n) is 13.6. The molecule has 0 unspecified atom stereocenters. The standard InChI is InChI=1S/C18H14N4O4/c23-15-7-8-16(24)22(15)10-14-20-21-18(26-14)19-17(25)13-6-5-11-3-1-2-4-12(11)9-13/h1-6,9H,7-8,10H2,(H,19,21,25). The van der Waals surface area contributed by atoms with Crippen LogP contribution in [0.1, 0.15) is 29.1 Å². The van der Waals surface area contributed by atoms with Crippen molar-refractivity contribution in [2.45, 2.75) is 19.4 Å². The fourth-order valence-electron chi connectivity index (χ4n) is 2.80. The highest BCUT2D eigenvalue weighted by Gasteiger charge is 2.30. The Hall–Kier alpha value is -3.55. The monoisotopic (exact) mass is 350 g/mol. The fourth-order valence-corrected chi connectivity index (χ4v) is 2.80. The van der Waals surface area contributed by atoms with Crippen LogP contribution in [0.2, 0.25) is 0 Å². The molecule has 26 heavy (non-hydrogen) atoms. The number of amides is 3. The maximum Gasteiger partial charge on any atom is 0.322 e. The normalized spacial score (nSPS) is 14.2. The van der Waals surface area contributed by atoms with E-state index in [1.807, 2.05) is 30.3 Å². The second-order valence-corrected chi connectivity index (χ2v) is 5.89. The summed E-state index contributed by atoms with van der Waals surface area (Å²) >= 11 is 0. The second-order valence-electron chi connectivity index (χ2n) is 5.89. The van der Waals surface area contributed by atoms with Gasteiger partial charge in [0.15, 0.2) is 0 Å². The number of nitrogens with one attached hydrogen (secondary N) is 1. The molecule has 0 saturated carbocycles. The molecule has 4 rings (SSSR count). The number of fused-ring (bicyclic) bond motifs is 1. The zero-order valence-corrected chi connectivity index (χ0v) is 13.6. The van der Waals surface area contributed by atoms with Crippen LogP contribution in [0.3, 0.4) is 0 Å². The highest BCUT2D eigenvalue weighted by atomic mass is 16.4. The molecule has 8 heteroatoms. The Morgan fingerprint density at radius 3 is 2.54 bits per heavy atom. The Bertz CT molecular complexity index is 1010. The van der Waals surface area contributed by atoms with E-state index in [0.717, 1.165) is 15.7 Å². The predicted octanol–water partition coefficient (Wildman–Crippen LogP) is 2.12. The van der Waals surface area contributed by atoms with Crippen molar-refractivity contribution in [2.24, 2.45) is 0 Å². The third-order valence-electron chi connectivity index (χ3n) is 4.15. The topological polar surface area (TPSA) is 105 Å². The molecule has 1 aliphatic rings. The Balaban J connectivity index is 1.47. The number of carbonyl (C=O) groups excluding carboxylic acids is 3. The molecule has 1 saturated heterocycles. The minimum absolute atomic E-state index is 0.0856. The van der Waals surface area contributed by atoms with Gasteiger partial charge in [0.1, 0.15) is 6.54 Å². The third-order valence-corrected chi connectivity index (χ3v) is 4.15. The van der Waals surface area contributed by atoms with E-state index in [1.165, 1.54) is 0 Å². The summed E-state index contributed by atoms with van der Waals surface area (Å²) in [5, 5.41) is 12.0. The van der Waals surface area contributed by atoms with Gasteiger partial charge in [-0.2, -0.15) is 0 Å². The van der Waals surface area contributed by atoms with Crippen LogP contribution in [-0.4, -0.2) is 32.8 Å². The van der Waals surface area contributed by atoms with Crippen LogP contribution in [0.5, 0.6) is 0 Å². The average molecular weight is 350 g/mol. The van der Waals surface area contributed by atoms with E-state index in [2.05, 4.69) is 15.5 Å². The first-order chi connectivity index (χ1) is 12.6. The summed E-state index contributed by atoms with van der Waals surface area (Å²) < 4.78 is 5.32. The van der Waals surface area contributed by atoms with E-state index >= 15 is 0 Å². The van der Waals surface area contributed by atoms with Crippen LogP contribution in [-0.2, 0) is 16.1 Å². The van der Waals surface area contributed by atoms with Crippen molar-refractivity contribution in [3.05, 3.63) is 53.9 Å². The summed E-state index contributed by atoms with van der Waals surface area (Å²) in [5.74, 6) is -0.841. The summed E-state index contributed by atoms with van der Waals surface area (Å²) in [6.07, 6.45) is 0.386. The lowest BCUT2D eigenvalue weighted by molar-refractivity contribution is -0.139. The van der Waals surface area contributed by atoms with Crippen LogP contribution in [0, 0.1) is 0 Å². The molecule has 3 amide bonds. The van der Waals surface area contributed by atoms with Crippen molar-refractivity contribution in [3.8, 4) is 0 Å². The molecule has 0 bridgehead atoms. The van der Waals surface area contributed by atoms with Gasteiger partial charge in [0, 0.05) is 18.4 Å². The summed E-state index contributed by atoms with van der Waals surface area (Å²) in [5.41, 5.74) is 0.452. The van der Waals surface area contributed by atoms with Crippen LogP contribution in [0.4, 0.5) is 6.01 Å². The van der Waals surface area contributed by atoms with Gasteiger partial charge in [-0.25, -0.2) is 0 Å². The molecule has 1 aromatic heterocycles. The molecule has 2 aromatic carbocycles. The average Bonchev–Trinajstić information content (AvgIpc) is 3.22. The lowest BCUT2D eigenvalue weighted by atomic mass is 10.1. The minimum Gasteiger partial charge on any atom is -0.406 e. The molecule has 0 aliphatic carbocycles. The molecule has 130 valence electrons. The fraction of sp³-hybridized carbons (Fsp3) is 0.167. The number of benzene rings is 2. The SMILES string of the molecule is O=C(Nc1nnc(CN2C(=O)CCC2=O)o1)c1ccc2ccccc2c1. The maximum absolute atomic E-state index is 12.4. The quantitative estimate of drug-likeness (QED) is 0.723. The lowest BCUT2D eigenvalue weighted by Gasteiger charge is -2.09. The number of carbonyl (C=O) groups is 3. The minimum atomic E-state index is -0.390. The number of aromatic nitrogens is 2. The third kappa shape index (κ3) is 3.04. The number of anilines is 1. The summed E-state index contributed by atoms with van der Waals surface area (Å²) in [6.45, 7) is -0.0868.